The number of para-hydroxylation sites is 2. The molecule has 0 radical (unpaired) electrons. The standard InChI is InChI=1S/C19H24N4O2/c1-25-17-7-3-2-6-16(17)21-19(24)9-11-22-12-14-23(15-13-22)18-8-4-5-10-20-18/h2-8,10H,9,11-15H2,1H3,(H,21,24). The average Bonchev–Trinajstić information content (AvgIpc) is 2.68. The molecule has 1 N–H and O–H groups in total. The molecule has 1 fully saturated rings. The van der Waals surface area contributed by atoms with Gasteiger partial charge < -0.3 is 15.0 Å². The maximum atomic E-state index is 12.2. The highest BCUT2D eigenvalue weighted by atomic mass is 16.5. The number of pyridine rings is 1. The van der Waals surface area contributed by atoms with Crippen molar-refractivity contribution < 1.29 is 9.53 Å². The summed E-state index contributed by atoms with van der Waals surface area (Å²) in [6, 6.07) is 13.4. The van der Waals surface area contributed by atoms with Gasteiger partial charge in [-0.25, -0.2) is 4.98 Å². The van der Waals surface area contributed by atoms with E-state index in [0.717, 1.165) is 44.2 Å². The van der Waals surface area contributed by atoms with Crippen LogP contribution in [-0.4, -0.2) is 55.6 Å². The Balaban J connectivity index is 1.43. The van der Waals surface area contributed by atoms with E-state index in [1.807, 2.05) is 48.7 Å². The number of methoxy groups -OCH3 is 1. The predicted molar refractivity (Wildman–Crippen MR) is 99.1 cm³/mol. The topological polar surface area (TPSA) is 57.7 Å². The van der Waals surface area contributed by atoms with Gasteiger partial charge in [0.2, 0.25) is 5.91 Å². The van der Waals surface area contributed by atoms with Crippen LogP contribution in [0, 0.1) is 0 Å². The van der Waals surface area contributed by atoms with E-state index >= 15 is 0 Å². The van der Waals surface area contributed by atoms with Crippen LogP contribution in [0.3, 0.4) is 0 Å². The number of nitrogens with zero attached hydrogens (tertiary/aromatic N) is 3. The van der Waals surface area contributed by atoms with Crippen molar-refractivity contribution in [3.8, 4) is 5.75 Å². The number of hydrogen-bond acceptors (Lipinski definition) is 5. The monoisotopic (exact) mass is 340 g/mol. The fourth-order valence-corrected chi connectivity index (χ4v) is 2.96. The Morgan fingerprint density at radius 3 is 2.60 bits per heavy atom. The maximum Gasteiger partial charge on any atom is 0.225 e. The maximum absolute atomic E-state index is 12.2. The Hall–Kier alpha value is -2.60. The summed E-state index contributed by atoms with van der Waals surface area (Å²) in [6.45, 7) is 4.52. The van der Waals surface area contributed by atoms with Crippen LogP contribution in [-0.2, 0) is 4.79 Å². The van der Waals surface area contributed by atoms with E-state index in [-0.39, 0.29) is 5.91 Å². The Labute approximate surface area is 148 Å². The van der Waals surface area contributed by atoms with Gasteiger partial charge >= 0.3 is 0 Å². The average molecular weight is 340 g/mol. The first kappa shape index (κ1) is 17.2. The lowest BCUT2D eigenvalue weighted by atomic mass is 10.2. The largest absolute Gasteiger partial charge is 0.495 e. The van der Waals surface area contributed by atoms with Crippen LogP contribution in [0.1, 0.15) is 6.42 Å². The molecule has 6 nitrogen and oxygen atoms in total. The molecule has 25 heavy (non-hydrogen) atoms. The highest BCUT2D eigenvalue weighted by Gasteiger charge is 2.18. The van der Waals surface area contributed by atoms with Crippen LogP contribution >= 0.6 is 0 Å². The molecule has 2 heterocycles. The number of piperazine rings is 1. The third-order valence-corrected chi connectivity index (χ3v) is 4.38. The van der Waals surface area contributed by atoms with Gasteiger partial charge in [-0.3, -0.25) is 9.69 Å². The van der Waals surface area contributed by atoms with Gasteiger partial charge in [0.05, 0.1) is 12.8 Å². The molecule has 0 bridgehead atoms. The molecule has 2 aromatic rings. The summed E-state index contributed by atoms with van der Waals surface area (Å²) in [4.78, 5) is 21.2. The van der Waals surface area contributed by atoms with E-state index in [1.165, 1.54) is 0 Å². The molecule has 1 aromatic carbocycles. The van der Waals surface area contributed by atoms with E-state index in [4.69, 9.17) is 4.74 Å². The minimum absolute atomic E-state index is 0.0108. The SMILES string of the molecule is COc1ccccc1NC(=O)CCN1CCN(c2ccccn2)CC1. The van der Waals surface area contributed by atoms with Crippen LogP contribution in [0.5, 0.6) is 5.75 Å². The molecule has 1 amide bonds. The van der Waals surface area contributed by atoms with Crippen LogP contribution in [0.4, 0.5) is 11.5 Å². The molecule has 1 saturated heterocycles. The van der Waals surface area contributed by atoms with E-state index in [9.17, 15) is 4.79 Å². The number of carbonyl (C=O) groups is 1. The molecule has 1 aliphatic heterocycles. The Bertz CT molecular complexity index is 685. The fraction of sp³-hybridized carbons (Fsp3) is 0.368. The third kappa shape index (κ3) is 4.70. The van der Waals surface area contributed by atoms with Gasteiger partial charge in [-0.15, -0.1) is 0 Å². The van der Waals surface area contributed by atoms with Gasteiger partial charge in [-0.2, -0.15) is 0 Å². The minimum Gasteiger partial charge on any atom is -0.495 e. The summed E-state index contributed by atoms with van der Waals surface area (Å²) in [6.07, 6.45) is 2.30. The second-order valence-electron chi connectivity index (χ2n) is 6.02. The highest BCUT2D eigenvalue weighted by Crippen LogP contribution is 2.23. The number of benzene rings is 1. The highest BCUT2D eigenvalue weighted by molar-refractivity contribution is 5.92. The van der Waals surface area contributed by atoms with Crippen molar-refractivity contribution in [2.75, 3.05) is 50.1 Å². The van der Waals surface area contributed by atoms with Crippen LogP contribution in [0.2, 0.25) is 0 Å². The fourth-order valence-electron chi connectivity index (χ4n) is 2.96. The first-order chi connectivity index (χ1) is 12.3. The lowest BCUT2D eigenvalue weighted by Gasteiger charge is -2.35. The van der Waals surface area contributed by atoms with E-state index in [2.05, 4.69) is 20.1 Å². The van der Waals surface area contributed by atoms with Gasteiger partial charge in [0.15, 0.2) is 0 Å². The molecule has 0 unspecified atom stereocenters. The number of amides is 1. The van der Waals surface area contributed by atoms with Gasteiger partial charge in [0.1, 0.15) is 11.6 Å². The zero-order chi connectivity index (χ0) is 17.5. The van der Waals surface area contributed by atoms with Gasteiger partial charge in [-0.05, 0) is 24.3 Å². The number of ether oxygens (including phenoxy) is 1. The summed E-state index contributed by atoms with van der Waals surface area (Å²) in [5.41, 5.74) is 0.718. The smallest absolute Gasteiger partial charge is 0.225 e. The lowest BCUT2D eigenvalue weighted by Crippen LogP contribution is -2.47. The summed E-state index contributed by atoms with van der Waals surface area (Å²) < 4.78 is 5.26. The van der Waals surface area contributed by atoms with Crippen molar-refractivity contribution >= 4 is 17.4 Å². The summed E-state index contributed by atoms with van der Waals surface area (Å²) >= 11 is 0. The second-order valence-corrected chi connectivity index (χ2v) is 6.02. The molecule has 1 aliphatic rings. The van der Waals surface area contributed by atoms with Crippen LogP contribution < -0.4 is 15.0 Å². The van der Waals surface area contributed by atoms with Crippen molar-refractivity contribution in [2.24, 2.45) is 0 Å². The zero-order valence-corrected chi connectivity index (χ0v) is 14.5. The Morgan fingerprint density at radius 1 is 1.12 bits per heavy atom. The molecule has 0 saturated carbocycles. The normalized spacial score (nSPS) is 15.0. The predicted octanol–water partition coefficient (Wildman–Crippen LogP) is 2.24. The first-order valence-electron chi connectivity index (χ1n) is 8.57. The number of carbonyl (C=O) groups excluding carboxylic acids is 1. The van der Waals surface area contributed by atoms with E-state index < -0.39 is 0 Å². The van der Waals surface area contributed by atoms with E-state index in [1.54, 1.807) is 7.11 Å². The number of aromatic nitrogens is 1. The second kappa shape index (κ2) is 8.48. The molecule has 132 valence electrons. The van der Waals surface area contributed by atoms with Crippen LogP contribution in [0.15, 0.2) is 48.7 Å². The lowest BCUT2D eigenvalue weighted by molar-refractivity contribution is -0.116. The number of rotatable bonds is 6. The number of anilines is 2. The molecular weight excluding hydrogens is 316 g/mol. The number of nitrogens with one attached hydrogen (secondary N) is 1. The molecule has 0 spiro atoms. The van der Waals surface area contributed by atoms with Gasteiger partial charge in [0.25, 0.3) is 0 Å². The zero-order valence-electron chi connectivity index (χ0n) is 14.5. The Kier molecular flexibility index (Phi) is 5.85. The van der Waals surface area contributed by atoms with Crippen LogP contribution in [0.25, 0.3) is 0 Å². The van der Waals surface area contributed by atoms with Crippen molar-refractivity contribution in [3.63, 3.8) is 0 Å². The van der Waals surface area contributed by atoms with Crippen molar-refractivity contribution in [1.82, 2.24) is 9.88 Å². The van der Waals surface area contributed by atoms with Crippen molar-refractivity contribution in [1.29, 1.82) is 0 Å². The van der Waals surface area contributed by atoms with E-state index in [0.29, 0.717) is 12.2 Å². The minimum atomic E-state index is 0.0108. The Morgan fingerprint density at radius 2 is 1.88 bits per heavy atom. The molecule has 1 aromatic heterocycles. The summed E-state index contributed by atoms with van der Waals surface area (Å²) in [5.74, 6) is 1.72. The molecular formula is C19H24N4O2. The molecule has 0 atom stereocenters. The summed E-state index contributed by atoms with van der Waals surface area (Å²) in [5, 5.41) is 2.92. The first-order valence-corrected chi connectivity index (χ1v) is 8.57. The van der Waals surface area contributed by atoms with Gasteiger partial charge in [-0.1, -0.05) is 18.2 Å². The molecule has 3 rings (SSSR count). The number of hydrogen-bond donors (Lipinski definition) is 1. The van der Waals surface area contributed by atoms with Crippen molar-refractivity contribution in [2.45, 2.75) is 6.42 Å². The summed E-state index contributed by atoms with van der Waals surface area (Å²) in [7, 11) is 1.60. The quantitative estimate of drug-likeness (QED) is 0.874. The molecule has 6 heteroatoms. The molecule has 0 aliphatic carbocycles. The third-order valence-electron chi connectivity index (χ3n) is 4.38. The van der Waals surface area contributed by atoms with Crippen molar-refractivity contribution in [3.05, 3.63) is 48.7 Å². The van der Waals surface area contributed by atoms with Gasteiger partial charge in [0, 0.05) is 45.3 Å².